The quantitative estimate of drug-likeness (QED) is 0.716. The molecule has 30 heavy (non-hydrogen) atoms. The van der Waals surface area contributed by atoms with Gasteiger partial charge in [-0.1, -0.05) is 40.2 Å². The molecule has 2 amide bonds. The molecule has 6 heteroatoms. The normalized spacial score (nSPS) is 22.4. The lowest BCUT2D eigenvalue weighted by molar-refractivity contribution is -0.123. The lowest BCUT2D eigenvalue weighted by Crippen LogP contribution is -2.48. The molecule has 0 aromatic heterocycles. The molecule has 1 saturated carbocycles. The second-order valence-corrected chi connectivity index (χ2v) is 9.35. The first kappa shape index (κ1) is 21.1. The number of carbonyl (C=O) groups is 2. The first-order valence-corrected chi connectivity index (χ1v) is 11.2. The maximum atomic E-state index is 12.8. The molecule has 4 rings (SSSR count). The van der Waals surface area contributed by atoms with E-state index in [9.17, 15) is 9.59 Å². The number of nitrogens with one attached hydrogen (secondary N) is 1. The van der Waals surface area contributed by atoms with E-state index in [1.807, 2.05) is 67.3 Å². The van der Waals surface area contributed by atoms with E-state index in [1.165, 1.54) is 0 Å². The number of ether oxygens (including phenoxy) is 1. The number of nitrogens with zero attached hydrogens (tertiary/aromatic N) is 1. The zero-order chi connectivity index (χ0) is 21.3. The van der Waals surface area contributed by atoms with Gasteiger partial charge in [0.05, 0.1) is 17.6 Å². The van der Waals surface area contributed by atoms with E-state index >= 15 is 0 Å². The van der Waals surface area contributed by atoms with E-state index in [0.29, 0.717) is 25.2 Å². The van der Waals surface area contributed by atoms with Crippen LogP contribution in [0.5, 0.6) is 0 Å². The largest absolute Gasteiger partial charge is 0.372 e. The number of hydrogen-bond acceptors (Lipinski definition) is 3. The summed E-state index contributed by atoms with van der Waals surface area (Å²) in [4.78, 5) is 27.5. The lowest BCUT2D eigenvalue weighted by Gasteiger charge is -2.35. The molecule has 0 bridgehead atoms. The molecule has 1 aliphatic heterocycles. The molecule has 2 unspecified atom stereocenters. The highest BCUT2D eigenvalue weighted by atomic mass is 79.9. The van der Waals surface area contributed by atoms with Crippen molar-refractivity contribution in [2.75, 3.05) is 13.1 Å². The van der Waals surface area contributed by atoms with Gasteiger partial charge in [-0.15, -0.1) is 0 Å². The first-order chi connectivity index (χ1) is 14.4. The van der Waals surface area contributed by atoms with Gasteiger partial charge in [0, 0.05) is 29.7 Å². The van der Waals surface area contributed by atoms with Crippen molar-refractivity contribution in [1.82, 2.24) is 10.2 Å². The number of amides is 2. The molecule has 1 aliphatic carbocycles. The summed E-state index contributed by atoms with van der Waals surface area (Å²) in [7, 11) is 0. The van der Waals surface area contributed by atoms with Crippen LogP contribution < -0.4 is 5.32 Å². The third-order valence-electron chi connectivity index (χ3n) is 5.94. The maximum absolute atomic E-state index is 12.8. The number of hydrogen-bond donors (Lipinski definition) is 1. The third kappa shape index (κ3) is 4.44. The van der Waals surface area contributed by atoms with Crippen LogP contribution in [-0.4, -0.2) is 42.0 Å². The lowest BCUT2D eigenvalue weighted by atomic mass is 9.95. The Bertz CT molecular complexity index is 912. The van der Waals surface area contributed by atoms with E-state index in [2.05, 4.69) is 21.2 Å². The van der Waals surface area contributed by atoms with Crippen molar-refractivity contribution in [1.29, 1.82) is 0 Å². The molecular weight excluding hydrogens is 444 g/mol. The van der Waals surface area contributed by atoms with Crippen molar-refractivity contribution in [2.24, 2.45) is 0 Å². The number of rotatable bonds is 5. The fourth-order valence-corrected chi connectivity index (χ4v) is 4.45. The Balaban J connectivity index is 1.35. The van der Waals surface area contributed by atoms with Gasteiger partial charge in [-0.3, -0.25) is 9.59 Å². The summed E-state index contributed by atoms with van der Waals surface area (Å²) in [6.07, 6.45) is 1.86. The van der Waals surface area contributed by atoms with E-state index in [4.69, 9.17) is 4.74 Å². The minimum atomic E-state index is -0.389. The van der Waals surface area contributed by atoms with Crippen molar-refractivity contribution >= 4 is 27.7 Å². The zero-order valence-electron chi connectivity index (χ0n) is 17.4. The third-order valence-corrected chi connectivity index (χ3v) is 6.47. The Morgan fingerprint density at radius 3 is 2.20 bits per heavy atom. The first-order valence-electron chi connectivity index (χ1n) is 10.5. The number of carbonyl (C=O) groups excluding carboxylic acids is 2. The summed E-state index contributed by atoms with van der Waals surface area (Å²) >= 11 is 3.44. The number of benzene rings is 2. The van der Waals surface area contributed by atoms with Crippen molar-refractivity contribution in [3.05, 3.63) is 69.7 Å². The van der Waals surface area contributed by atoms with Crippen molar-refractivity contribution < 1.29 is 14.3 Å². The average molecular weight is 471 g/mol. The highest BCUT2D eigenvalue weighted by Crippen LogP contribution is 2.48. The summed E-state index contributed by atoms with van der Waals surface area (Å²) in [6, 6.07) is 15.5. The Morgan fingerprint density at radius 2 is 1.63 bits per heavy atom. The minimum Gasteiger partial charge on any atom is -0.372 e. The molecule has 158 valence electrons. The van der Waals surface area contributed by atoms with Crippen LogP contribution in [0, 0.1) is 0 Å². The highest BCUT2D eigenvalue weighted by molar-refractivity contribution is 9.10. The van der Waals surface area contributed by atoms with Gasteiger partial charge in [0.1, 0.15) is 0 Å². The van der Waals surface area contributed by atoms with Gasteiger partial charge >= 0.3 is 0 Å². The molecule has 1 saturated heterocycles. The second kappa shape index (κ2) is 8.52. The van der Waals surface area contributed by atoms with Crippen LogP contribution in [-0.2, 0) is 21.5 Å². The molecule has 0 spiro atoms. The SMILES string of the molecule is CC1CN(C(=O)c2ccc(CNC(=O)C3(c4ccc(Br)cc4)CC3)cc2)CC(C)O1. The summed E-state index contributed by atoms with van der Waals surface area (Å²) in [5, 5.41) is 3.08. The molecule has 2 aliphatic rings. The Kier molecular flexibility index (Phi) is 5.98. The molecule has 1 N–H and O–H groups in total. The molecular formula is C24H27BrN2O3. The summed E-state index contributed by atoms with van der Waals surface area (Å²) in [5.41, 5.74) is 2.33. The standard InChI is InChI=1S/C24H27BrN2O3/c1-16-14-27(15-17(2)30-16)22(28)19-5-3-18(4-6-19)13-26-23(29)24(11-12-24)20-7-9-21(25)10-8-20/h3-10,16-17H,11-15H2,1-2H3,(H,26,29). The number of halogens is 1. The van der Waals surface area contributed by atoms with Gasteiger partial charge in [0.2, 0.25) is 5.91 Å². The van der Waals surface area contributed by atoms with Crippen molar-refractivity contribution in [3.63, 3.8) is 0 Å². The van der Waals surface area contributed by atoms with E-state index in [0.717, 1.165) is 28.4 Å². The second-order valence-electron chi connectivity index (χ2n) is 8.44. The minimum absolute atomic E-state index is 0.0276. The van der Waals surface area contributed by atoms with Crippen molar-refractivity contribution in [3.8, 4) is 0 Å². The molecule has 2 fully saturated rings. The molecule has 2 aromatic rings. The number of morpholine rings is 1. The van der Waals surface area contributed by atoms with Crippen LogP contribution in [0.3, 0.4) is 0 Å². The molecule has 2 aromatic carbocycles. The van der Waals surface area contributed by atoms with Crippen LogP contribution >= 0.6 is 15.9 Å². The van der Waals surface area contributed by atoms with Gasteiger partial charge in [0.25, 0.3) is 5.91 Å². The summed E-state index contributed by atoms with van der Waals surface area (Å²) in [5.74, 6) is 0.0982. The zero-order valence-corrected chi connectivity index (χ0v) is 18.9. The Labute approximate surface area is 185 Å². The maximum Gasteiger partial charge on any atom is 0.254 e. The molecule has 0 radical (unpaired) electrons. The van der Waals surface area contributed by atoms with Gasteiger partial charge in [-0.05, 0) is 62.1 Å². The van der Waals surface area contributed by atoms with Crippen LogP contribution in [0.2, 0.25) is 0 Å². The van der Waals surface area contributed by atoms with Gasteiger partial charge in [0.15, 0.2) is 0 Å². The topological polar surface area (TPSA) is 58.6 Å². The van der Waals surface area contributed by atoms with Gasteiger partial charge in [-0.25, -0.2) is 0 Å². The van der Waals surface area contributed by atoms with Crippen LogP contribution in [0.4, 0.5) is 0 Å². The highest BCUT2D eigenvalue weighted by Gasteiger charge is 2.51. The fourth-order valence-electron chi connectivity index (χ4n) is 4.18. The molecule has 1 heterocycles. The average Bonchev–Trinajstić information content (AvgIpc) is 3.54. The summed E-state index contributed by atoms with van der Waals surface area (Å²) in [6.45, 7) is 5.65. The Hall–Kier alpha value is -2.18. The van der Waals surface area contributed by atoms with Crippen LogP contribution in [0.15, 0.2) is 53.0 Å². The van der Waals surface area contributed by atoms with Crippen molar-refractivity contribution in [2.45, 2.75) is 50.9 Å². The smallest absolute Gasteiger partial charge is 0.254 e. The van der Waals surface area contributed by atoms with Gasteiger partial charge < -0.3 is 15.0 Å². The summed E-state index contributed by atoms with van der Waals surface area (Å²) < 4.78 is 6.72. The van der Waals surface area contributed by atoms with E-state index < -0.39 is 0 Å². The molecule has 5 nitrogen and oxygen atoms in total. The predicted molar refractivity (Wildman–Crippen MR) is 119 cm³/mol. The fraction of sp³-hybridized carbons (Fsp3) is 0.417. The van der Waals surface area contributed by atoms with Crippen LogP contribution in [0.1, 0.15) is 48.2 Å². The van der Waals surface area contributed by atoms with E-state index in [1.54, 1.807) is 0 Å². The van der Waals surface area contributed by atoms with E-state index in [-0.39, 0.29) is 29.4 Å². The monoisotopic (exact) mass is 470 g/mol. The van der Waals surface area contributed by atoms with Gasteiger partial charge in [-0.2, -0.15) is 0 Å². The van der Waals surface area contributed by atoms with Crippen LogP contribution in [0.25, 0.3) is 0 Å². The molecule has 2 atom stereocenters. The predicted octanol–water partition coefficient (Wildman–Crippen LogP) is 4.05. The Morgan fingerprint density at radius 1 is 1.03 bits per heavy atom.